The van der Waals surface area contributed by atoms with Crippen molar-refractivity contribution in [3.8, 4) is 0 Å². The lowest BCUT2D eigenvalue weighted by atomic mass is 10.1. The highest BCUT2D eigenvalue weighted by Gasteiger charge is 2.06. The molecule has 1 heterocycles. The van der Waals surface area contributed by atoms with Crippen molar-refractivity contribution in [2.24, 2.45) is 0 Å². The van der Waals surface area contributed by atoms with Gasteiger partial charge in [-0.15, -0.1) is 11.3 Å². The quantitative estimate of drug-likeness (QED) is 0.755. The zero-order chi connectivity index (χ0) is 12.1. The molecule has 0 N–H and O–H groups in total. The van der Waals surface area contributed by atoms with Gasteiger partial charge in [0.1, 0.15) is 5.78 Å². The third-order valence-corrected chi connectivity index (χ3v) is 4.20. The van der Waals surface area contributed by atoms with Gasteiger partial charge in [0.15, 0.2) is 0 Å². The van der Waals surface area contributed by atoms with Gasteiger partial charge in [-0.1, -0.05) is 28.1 Å². The van der Waals surface area contributed by atoms with Crippen LogP contribution in [0.15, 0.2) is 24.3 Å². The number of para-hydroxylation sites is 1. The summed E-state index contributed by atoms with van der Waals surface area (Å²) in [4.78, 5) is 16.1. The average molecular weight is 312 g/mol. The lowest BCUT2D eigenvalue weighted by molar-refractivity contribution is -0.119. The normalized spacial score (nSPS) is 10.9. The van der Waals surface area contributed by atoms with Gasteiger partial charge in [-0.3, -0.25) is 4.79 Å². The van der Waals surface area contributed by atoms with Crippen molar-refractivity contribution in [3.05, 3.63) is 29.3 Å². The van der Waals surface area contributed by atoms with Crippen molar-refractivity contribution in [1.82, 2.24) is 4.98 Å². The van der Waals surface area contributed by atoms with Crippen LogP contribution in [0.1, 0.15) is 24.3 Å². The molecular formula is C13H14BrNOS. The highest BCUT2D eigenvalue weighted by Crippen LogP contribution is 2.22. The van der Waals surface area contributed by atoms with Crippen molar-refractivity contribution in [2.45, 2.75) is 25.7 Å². The molecule has 2 nitrogen and oxygen atoms in total. The highest BCUT2D eigenvalue weighted by molar-refractivity contribution is 9.09. The van der Waals surface area contributed by atoms with Gasteiger partial charge in [-0.05, 0) is 18.6 Å². The lowest BCUT2D eigenvalue weighted by Gasteiger charge is -1.96. The molecule has 0 aliphatic carbocycles. The van der Waals surface area contributed by atoms with Crippen molar-refractivity contribution < 1.29 is 4.79 Å². The van der Waals surface area contributed by atoms with E-state index in [2.05, 4.69) is 27.0 Å². The first-order chi connectivity index (χ1) is 8.29. The first-order valence-electron chi connectivity index (χ1n) is 5.71. The molecule has 90 valence electrons. The molecule has 1 aromatic carbocycles. The maximum absolute atomic E-state index is 11.5. The Hall–Kier alpha value is -0.740. The smallest absolute Gasteiger partial charge is 0.133 e. The van der Waals surface area contributed by atoms with Crippen LogP contribution in [0.3, 0.4) is 0 Å². The van der Waals surface area contributed by atoms with Crippen LogP contribution in [0.4, 0.5) is 0 Å². The lowest BCUT2D eigenvalue weighted by Crippen LogP contribution is -2.00. The van der Waals surface area contributed by atoms with E-state index in [1.165, 1.54) is 4.70 Å². The summed E-state index contributed by atoms with van der Waals surface area (Å²) in [6.07, 6.45) is 3.00. The first kappa shape index (κ1) is 12.7. The van der Waals surface area contributed by atoms with Crippen LogP contribution in [0, 0.1) is 0 Å². The number of halogens is 1. The summed E-state index contributed by atoms with van der Waals surface area (Å²) in [5, 5.41) is 1.97. The number of carbonyl (C=O) groups excluding carboxylic acids is 1. The Morgan fingerprint density at radius 1 is 1.29 bits per heavy atom. The minimum Gasteiger partial charge on any atom is -0.300 e. The molecule has 0 aliphatic rings. The monoisotopic (exact) mass is 311 g/mol. The van der Waals surface area contributed by atoms with E-state index in [9.17, 15) is 4.79 Å². The van der Waals surface area contributed by atoms with E-state index in [0.717, 1.165) is 28.7 Å². The number of hydrogen-bond donors (Lipinski definition) is 0. The maximum Gasteiger partial charge on any atom is 0.133 e. The Morgan fingerprint density at radius 2 is 2.12 bits per heavy atom. The summed E-state index contributed by atoms with van der Waals surface area (Å²) in [7, 11) is 0. The molecule has 0 amide bonds. The summed E-state index contributed by atoms with van der Waals surface area (Å²) >= 11 is 5.03. The number of alkyl halides is 1. The molecular weight excluding hydrogens is 298 g/mol. The van der Waals surface area contributed by atoms with Gasteiger partial charge >= 0.3 is 0 Å². The number of ketones is 1. The van der Waals surface area contributed by atoms with Gasteiger partial charge in [0.05, 0.1) is 15.2 Å². The van der Waals surface area contributed by atoms with Crippen LogP contribution < -0.4 is 0 Å². The minimum absolute atomic E-state index is 0.337. The second-order valence-corrected chi connectivity index (χ2v) is 5.81. The summed E-state index contributed by atoms with van der Waals surface area (Å²) < 4.78 is 1.20. The molecule has 2 rings (SSSR count). The number of Topliss-reactive ketones (excluding diaryl/α,β-unsaturated/α-hetero) is 1. The fourth-order valence-corrected chi connectivity index (χ4v) is 2.91. The Kier molecular flexibility index (Phi) is 4.68. The summed E-state index contributed by atoms with van der Waals surface area (Å²) in [5.41, 5.74) is 1.04. The van der Waals surface area contributed by atoms with Gasteiger partial charge in [0, 0.05) is 24.6 Å². The van der Waals surface area contributed by atoms with E-state index in [4.69, 9.17) is 0 Å². The van der Waals surface area contributed by atoms with Crippen LogP contribution in [0.25, 0.3) is 10.2 Å². The molecule has 0 saturated heterocycles. The van der Waals surface area contributed by atoms with Crippen molar-refractivity contribution in [3.63, 3.8) is 0 Å². The highest BCUT2D eigenvalue weighted by atomic mass is 79.9. The van der Waals surface area contributed by atoms with E-state index in [0.29, 0.717) is 18.6 Å². The van der Waals surface area contributed by atoms with Crippen molar-refractivity contribution >= 4 is 43.3 Å². The van der Waals surface area contributed by atoms with Gasteiger partial charge in [-0.25, -0.2) is 4.98 Å². The molecule has 0 spiro atoms. The Labute approximate surface area is 113 Å². The largest absolute Gasteiger partial charge is 0.300 e. The standard InChI is InChI=1S/C13H14BrNOS/c14-9-3-4-10(16)7-8-13-15-11-5-1-2-6-12(11)17-13/h1-2,5-6H,3-4,7-9H2. The predicted octanol–water partition coefficient (Wildman–Crippen LogP) is 3.97. The molecule has 17 heavy (non-hydrogen) atoms. The molecule has 0 bridgehead atoms. The minimum atomic E-state index is 0.337. The average Bonchev–Trinajstić information content (AvgIpc) is 2.76. The third kappa shape index (κ3) is 3.61. The molecule has 0 saturated carbocycles. The van der Waals surface area contributed by atoms with Gasteiger partial charge < -0.3 is 0 Å². The van der Waals surface area contributed by atoms with Gasteiger partial charge in [0.2, 0.25) is 0 Å². The van der Waals surface area contributed by atoms with E-state index in [1.807, 2.05) is 18.2 Å². The van der Waals surface area contributed by atoms with Crippen LogP contribution in [0.2, 0.25) is 0 Å². The molecule has 0 unspecified atom stereocenters. The zero-order valence-electron chi connectivity index (χ0n) is 9.49. The summed E-state index contributed by atoms with van der Waals surface area (Å²) in [5.74, 6) is 0.337. The SMILES string of the molecule is O=C(CCCBr)CCc1nc2ccccc2s1. The number of rotatable bonds is 6. The second-order valence-electron chi connectivity index (χ2n) is 3.91. The Balaban J connectivity index is 1.92. The number of thiazole rings is 1. The topological polar surface area (TPSA) is 30.0 Å². The van der Waals surface area contributed by atoms with E-state index < -0.39 is 0 Å². The molecule has 0 aliphatic heterocycles. The fourth-order valence-electron chi connectivity index (χ4n) is 1.66. The number of carbonyl (C=O) groups is 1. The van der Waals surface area contributed by atoms with E-state index >= 15 is 0 Å². The summed E-state index contributed by atoms with van der Waals surface area (Å²) in [6, 6.07) is 8.10. The van der Waals surface area contributed by atoms with Crippen molar-refractivity contribution in [1.29, 1.82) is 0 Å². The van der Waals surface area contributed by atoms with E-state index in [1.54, 1.807) is 11.3 Å². The molecule has 4 heteroatoms. The Morgan fingerprint density at radius 3 is 2.88 bits per heavy atom. The van der Waals surface area contributed by atoms with Crippen LogP contribution in [-0.4, -0.2) is 16.1 Å². The predicted molar refractivity (Wildman–Crippen MR) is 76.0 cm³/mol. The Bertz CT molecular complexity index is 476. The summed E-state index contributed by atoms with van der Waals surface area (Å²) in [6.45, 7) is 0. The number of benzene rings is 1. The molecule has 2 aromatic rings. The number of aromatic nitrogens is 1. The number of fused-ring (bicyclic) bond motifs is 1. The number of aryl methyl sites for hydroxylation is 1. The first-order valence-corrected chi connectivity index (χ1v) is 7.65. The van der Waals surface area contributed by atoms with Crippen LogP contribution in [0.5, 0.6) is 0 Å². The fraction of sp³-hybridized carbons (Fsp3) is 0.385. The number of nitrogens with zero attached hydrogens (tertiary/aromatic N) is 1. The molecule has 1 aromatic heterocycles. The van der Waals surface area contributed by atoms with Crippen molar-refractivity contribution in [2.75, 3.05) is 5.33 Å². The molecule has 0 atom stereocenters. The third-order valence-electron chi connectivity index (χ3n) is 2.55. The zero-order valence-corrected chi connectivity index (χ0v) is 11.9. The van der Waals surface area contributed by atoms with E-state index in [-0.39, 0.29) is 0 Å². The second kappa shape index (κ2) is 6.26. The molecule has 0 fully saturated rings. The number of hydrogen-bond acceptors (Lipinski definition) is 3. The van der Waals surface area contributed by atoms with Crippen LogP contribution in [-0.2, 0) is 11.2 Å². The maximum atomic E-state index is 11.5. The molecule has 0 radical (unpaired) electrons. The van der Waals surface area contributed by atoms with Gasteiger partial charge in [-0.2, -0.15) is 0 Å². The van der Waals surface area contributed by atoms with Gasteiger partial charge in [0.25, 0.3) is 0 Å². The van der Waals surface area contributed by atoms with Crippen LogP contribution >= 0.6 is 27.3 Å².